The first-order valence-electron chi connectivity index (χ1n) is 21.5. The minimum absolute atomic E-state index is 0.383. The fraction of sp³-hybridized carbons (Fsp3) is 0.800. The molecule has 0 rings (SSSR count). The first-order valence-corrected chi connectivity index (χ1v) is 21.5. The summed E-state index contributed by atoms with van der Waals surface area (Å²) in [5.74, 6) is -0.522. The molecule has 3 unspecified atom stereocenters. The maximum absolute atomic E-state index is 12.4. The highest BCUT2D eigenvalue weighted by Gasteiger charge is 2.22. The van der Waals surface area contributed by atoms with E-state index in [1.165, 1.54) is 135 Å². The van der Waals surface area contributed by atoms with Crippen LogP contribution in [0.1, 0.15) is 206 Å². The number of hydrogen-bond donors (Lipinski definition) is 4. The minimum atomic E-state index is -1.11. The topological polar surface area (TPSA) is 89.8 Å². The molecule has 292 valence electrons. The Morgan fingerprint density at radius 2 is 0.860 bits per heavy atom. The molecule has 3 atom stereocenters. The van der Waals surface area contributed by atoms with Crippen molar-refractivity contribution >= 4 is 5.91 Å². The Kier molecular flexibility index (Phi) is 38.7. The lowest BCUT2D eigenvalue weighted by Gasteiger charge is -2.21. The van der Waals surface area contributed by atoms with Gasteiger partial charge in [0.15, 0.2) is 0 Å². The predicted molar refractivity (Wildman–Crippen MR) is 217 cm³/mol. The van der Waals surface area contributed by atoms with Crippen LogP contribution in [0.4, 0.5) is 0 Å². The minimum Gasteiger partial charge on any atom is -0.394 e. The lowest BCUT2D eigenvalue weighted by molar-refractivity contribution is -0.131. The monoisotopic (exact) mass is 702 g/mol. The molecule has 0 aromatic heterocycles. The Labute approximate surface area is 310 Å². The van der Waals surface area contributed by atoms with Gasteiger partial charge in [0.2, 0.25) is 5.91 Å². The number of carbonyl (C=O) groups is 1. The molecular weight excluding hydrogens is 618 g/mol. The summed E-state index contributed by atoms with van der Waals surface area (Å²) >= 11 is 0. The van der Waals surface area contributed by atoms with Gasteiger partial charge < -0.3 is 20.6 Å². The van der Waals surface area contributed by atoms with E-state index in [9.17, 15) is 20.1 Å². The van der Waals surface area contributed by atoms with Crippen molar-refractivity contribution in [2.75, 3.05) is 6.61 Å². The van der Waals surface area contributed by atoms with Gasteiger partial charge in [-0.25, -0.2) is 0 Å². The fourth-order valence-corrected chi connectivity index (χ4v) is 6.22. The molecule has 0 spiro atoms. The number of hydrogen-bond acceptors (Lipinski definition) is 4. The third-order valence-corrected chi connectivity index (χ3v) is 9.60. The molecule has 1 amide bonds. The molecule has 5 heteroatoms. The van der Waals surface area contributed by atoms with Crippen molar-refractivity contribution < 1.29 is 20.1 Å². The summed E-state index contributed by atoms with van der Waals surface area (Å²) in [5.41, 5.74) is 0. The first-order chi connectivity index (χ1) is 24.6. The standard InChI is InChI=1S/C45H83NO4/c1-3-5-7-9-11-13-15-16-17-18-19-20-21-22-23-24-25-26-27-28-30-32-34-36-38-40-44(49)45(50)46-42(41-47)43(48)39-37-35-33-31-29-14-12-10-8-6-4-2/h8,10,22-23,29,31,37,39,42-44,47-49H,3-7,9,11-21,24-28,30,32-36,38,40-41H2,1-2H3,(H,46,50)/b10-8+,23-22-,31-29+,39-37+. The summed E-state index contributed by atoms with van der Waals surface area (Å²) in [7, 11) is 0. The number of amides is 1. The van der Waals surface area contributed by atoms with Crippen molar-refractivity contribution in [1.82, 2.24) is 5.32 Å². The van der Waals surface area contributed by atoms with Crippen LogP contribution in [-0.4, -0.2) is 46.1 Å². The van der Waals surface area contributed by atoms with Gasteiger partial charge >= 0.3 is 0 Å². The van der Waals surface area contributed by atoms with Crippen molar-refractivity contribution in [3.8, 4) is 0 Å². The molecule has 0 aromatic rings. The largest absolute Gasteiger partial charge is 0.394 e. The van der Waals surface area contributed by atoms with Crippen LogP contribution < -0.4 is 5.32 Å². The van der Waals surface area contributed by atoms with Gasteiger partial charge in [0, 0.05) is 0 Å². The van der Waals surface area contributed by atoms with Crippen molar-refractivity contribution in [2.45, 2.75) is 225 Å². The quantitative estimate of drug-likeness (QED) is 0.0381. The van der Waals surface area contributed by atoms with E-state index in [0.29, 0.717) is 6.42 Å². The Hall–Kier alpha value is -1.69. The van der Waals surface area contributed by atoms with Gasteiger partial charge in [-0.2, -0.15) is 0 Å². The smallest absolute Gasteiger partial charge is 0.249 e. The van der Waals surface area contributed by atoms with Crippen LogP contribution >= 0.6 is 0 Å². The molecular formula is C45H83NO4. The van der Waals surface area contributed by atoms with Crippen LogP contribution in [0.2, 0.25) is 0 Å². The van der Waals surface area contributed by atoms with E-state index in [0.717, 1.165) is 51.4 Å². The van der Waals surface area contributed by atoms with Gasteiger partial charge in [-0.1, -0.05) is 191 Å². The molecule has 0 aliphatic carbocycles. The molecule has 0 saturated carbocycles. The van der Waals surface area contributed by atoms with Crippen molar-refractivity contribution in [3.05, 3.63) is 48.6 Å². The maximum Gasteiger partial charge on any atom is 0.249 e. The fourth-order valence-electron chi connectivity index (χ4n) is 6.22. The Balaban J connectivity index is 3.64. The van der Waals surface area contributed by atoms with Gasteiger partial charge in [-0.05, 0) is 64.2 Å². The molecule has 0 fully saturated rings. The average molecular weight is 702 g/mol. The number of nitrogens with one attached hydrogen (secondary N) is 1. The zero-order valence-electron chi connectivity index (χ0n) is 33.0. The Morgan fingerprint density at radius 1 is 0.480 bits per heavy atom. The van der Waals surface area contributed by atoms with Crippen molar-refractivity contribution in [3.63, 3.8) is 0 Å². The van der Waals surface area contributed by atoms with Gasteiger partial charge in [-0.15, -0.1) is 0 Å². The van der Waals surface area contributed by atoms with Crippen LogP contribution in [0.3, 0.4) is 0 Å². The van der Waals surface area contributed by atoms with E-state index in [-0.39, 0.29) is 6.61 Å². The number of rotatable bonds is 38. The second kappa shape index (κ2) is 40.1. The highest BCUT2D eigenvalue weighted by Crippen LogP contribution is 2.15. The van der Waals surface area contributed by atoms with Crippen LogP contribution in [0, 0.1) is 0 Å². The third-order valence-electron chi connectivity index (χ3n) is 9.60. The highest BCUT2D eigenvalue weighted by molar-refractivity contribution is 5.80. The lowest BCUT2D eigenvalue weighted by atomic mass is 10.0. The predicted octanol–water partition coefficient (Wildman–Crippen LogP) is 12.2. The molecule has 5 nitrogen and oxygen atoms in total. The van der Waals surface area contributed by atoms with E-state index < -0.39 is 24.2 Å². The molecule has 4 N–H and O–H groups in total. The van der Waals surface area contributed by atoms with E-state index in [1.807, 2.05) is 6.08 Å². The normalized spacial score (nSPS) is 14.1. The van der Waals surface area contributed by atoms with Gasteiger partial charge in [0.25, 0.3) is 0 Å². The summed E-state index contributed by atoms with van der Waals surface area (Å²) in [6.07, 6.45) is 51.5. The molecule has 0 aliphatic heterocycles. The maximum atomic E-state index is 12.4. The summed E-state index contributed by atoms with van der Waals surface area (Å²) in [4.78, 5) is 12.4. The van der Waals surface area contributed by atoms with E-state index in [2.05, 4.69) is 55.6 Å². The van der Waals surface area contributed by atoms with Gasteiger partial charge in [0.1, 0.15) is 6.10 Å². The number of allylic oxidation sites excluding steroid dienone is 7. The second-order valence-electron chi connectivity index (χ2n) is 14.5. The molecule has 50 heavy (non-hydrogen) atoms. The molecule has 0 aromatic carbocycles. The van der Waals surface area contributed by atoms with Crippen LogP contribution in [0.5, 0.6) is 0 Å². The highest BCUT2D eigenvalue weighted by atomic mass is 16.3. The van der Waals surface area contributed by atoms with Crippen molar-refractivity contribution in [1.29, 1.82) is 0 Å². The van der Waals surface area contributed by atoms with Gasteiger partial charge in [0.05, 0.1) is 18.8 Å². The Bertz CT molecular complexity index is 820. The van der Waals surface area contributed by atoms with E-state index in [1.54, 1.807) is 6.08 Å². The zero-order chi connectivity index (χ0) is 36.6. The summed E-state index contributed by atoms with van der Waals surface area (Å²) in [5, 5.41) is 33.0. The van der Waals surface area contributed by atoms with Crippen LogP contribution in [0.25, 0.3) is 0 Å². The summed E-state index contributed by atoms with van der Waals surface area (Å²) in [6, 6.07) is -0.820. The van der Waals surface area contributed by atoms with Crippen LogP contribution in [-0.2, 0) is 4.79 Å². The second-order valence-corrected chi connectivity index (χ2v) is 14.5. The zero-order valence-corrected chi connectivity index (χ0v) is 33.0. The summed E-state index contributed by atoms with van der Waals surface area (Å²) < 4.78 is 0. The molecule has 0 heterocycles. The van der Waals surface area contributed by atoms with Crippen LogP contribution in [0.15, 0.2) is 48.6 Å². The average Bonchev–Trinajstić information content (AvgIpc) is 3.12. The molecule has 0 bridgehead atoms. The number of unbranched alkanes of at least 4 members (excludes halogenated alkanes) is 24. The first kappa shape index (κ1) is 48.3. The van der Waals surface area contributed by atoms with E-state index >= 15 is 0 Å². The van der Waals surface area contributed by atoms with E-state index in [4.69, 9.17) is 0 Å². The lowest BCUT2D eigenvalue weighted by Crippen LogP contribution is -2.48. The summed E-state index contributed by atoms with van der Waals surface area (Å²) in [6.45, 7) is 4.08. The number of aliphatic hydroxyl groups is 3. The molecule has 0 radical (unpaired) electrons. The molecule has 0 aliphatic rings. The molecule has 0 saturated heterocycles. The number of aliphatic hydroxyl groups excluding tert-OH is 3. The number of carbonyl (C=O) groups excluding carboxylic acids is 1. The Morgan fingerprint density at radius 3 is 1.30 bits per heavy atom. The van der Waals surface area contributed by atoms with Crippen molar-refractivity contribution in [2.24, 2.45) is 0 Å². The van der Waals surface area contributed by atoms with Gasteiger partial charge in [-0.3, -0.25) is 4.79 Å². The SMILES string of the molecule is CCC/C=C/CC/C=C/CC/C=C/C(O)C(CO)NC(=O)C(O)CCCCCCCCCCC/C=C\CCCCCCCCCCCCCC. The third kappa shape index (κ3) is 34.7.